The lowest BCUT2D eigenvalue weighted by molar-refractivity contribution is -0.120. The minimum atomic E-state index is -1.15. The quantitative estimate of drug-likeness (QED) is 0.158. The molecular formula is C30H42ClN3O9. The number of rotatable bonds is 7. The molecule has 238 valence electrons. The predicted octanol–water partition coefficient (Wildman–Crippen LogP) is 1.56. The van der Waals surface area contributed by atoms with Crippen molar-refractivity contribution < 1.29 is 43.6 Å². The molecule has 12 nitrogen and oxygen atoms in total. The number of methoxy groups -OCH3 is 2. The molecule has 13 heteroatoms. The van der Waals surface area contributed by atoms with Gasteiger partial charge in [0.25, 0.3) is 5.91 Å². The van der Waals surface area contributed by atoms with Crippen molar-refractivity contribution in [3.05, 3.63) is 58.5 Å². The zero-order valence-electron chi connectivity index (χ0n) is 25.1. The van der Waals surface area contributed by atoms with Gasteiger partial charge in [-0.3, -0.25) is 14.4 Å². The topological polar surface area (TPSA) is 187 Å². The van der Waals surface area contributed by atoms with E-state index < -0.39 is 60.5 Å². The Morgan fingerprint density at radius 3 is 2.49 bits per heavy atom. The molecule has 1 aliphatic carbocycles. The Hall–Kier alpha value is -3.29. The zero-order valence-corrected chi connectivity index (χ0v) is 25.8. The Morgan fingerprint density at radius 2 is 1.91 bits per heavy atom. The standard InChI is InChI=1S/C30H42ClN3O9/c1-16-11-20-25(33-10-9-31)22(36)14-21(27(20)38)34-29(39)17(2)7-6-8-23(41-4)28(43-30(32)40)19(15-35)13-18(3)26(37)24(12-16)42-5/h6-8,13-14,16,18,23-24,26,28,33,35,37H,9-12,15H2,1-5H3,(H2,32,40)(H,34,39)/b8-6-,17-7+,19-13+/t16-,18-,23-,24-,26+,28-/m0/s1. The molecule has 0 aromatic carbocycles. The number of carbonyl (C=O) groups excluding carboxylic acids is 4. The maximum atomic E-state index is 13.5. The summed E-state index contributed by atoms with van der Waals surface area (Å²) in [5.41, 5.74) is 5.87. The monoisotopic (exact) mass is 623 g/mol. The van der Waals surface area contributed by atoms with Crippen LogP contribution in [0.15, 0.2) is 58.5 Å². The Kier molecular flexibility index (Phi) is 14.3. The van der Waals surface area contributed by atoms with Gasteiger partial charge in [0.05, 0.1) is 30.2 Å². The van der Waals surface area contributed by atoms with Crippen LogP contribution in [0.3, 0.4) is 0 Å². The third-order valence-corrected chi connectivity index (χ3v) is 7.43. The number of alkyl halides is 1. The number of allylic oxidation sites excluding steroid dienone is 4. The maximum Gasteiger partial charge on any atom is 0.405 e. The fourth-order valence-corrected chi connectivity index (χ4v) is 5.05. The van der Waals surface area contributed by atoms with Gasteiger partial charge in [0, 0.05) is 49.8 Å². The molecule has 2 bridgehead atoms. The van der Waals surface area contributed by atoms with Crippen molar-refractivity contribution in [1.82, 2.24) is 10.6 Å². The van der Waals surface area contributed by atoms with Crippen molar-refractivity contribution in [3.8, 4) is 0 Å². The molecule has 2 amide bonds. The van der Waals surface area contributed by atoms with Gasteiger partial charge in [0.1, 0.15) is 6.10 Å². The first-order valence-corrected chi connectivity index (χ1v) is 14.4. The molecule has 0 spiro atoms. The summed E-state index contributed by atoms with van der Waals surface area (Å²) in [5.74, 6) is -2.27. The number of nitrogens with two attached hydrogens (primary N) is 1. The molecule has 2 rings (SSSR count). The van der Waals surface area contributed by atoms with Gasteiger partial charge in [-0.25, -0.2) is 4.79 Å². The number of ketones is 2. The molecule has 0 fully saturated rings. The number of hydrogen-bond acceptors (Lipinski definition) is 10. The third kappa shape index (κ3) is 9.87. The van der Waals surface area contributed by atoms with Crippen molar-refractivity contribution >= 4 is 35.2 Å². The van der Waals surface area contributed by atoms with Crippen molar-refractivity contribution in [3.63, 3.8) is 0 Å². The van der Waals surface area contributed by atoms with Crippen LogP contribution in [0, 0.1) is 11.8 Å². The molecule has 0 aromatic heterocycles. The number of nitrogens with one attached hydrogen (secondary N) is 2. The van der Waals surface area contributed by atoms with Crippen LogP contribution in [-0.2, 0) is 28.6 Å². The van der Waals surface area contributed by atoms with Crippen molar-refractivity contribution in [2.75, 3.05) is 33.3 Å². The van der Waals surface area contributed by atoms with Crippen molar-refractivity contribution in [2.45, 2.75) is 58.0 Å². The van der Waals surface area contributed by atoms with Gasteiger partial charge in [-0.1, -0.05) is 38.2 Å². The SMILES string of the molecule is CO[C@H]1/C=C\C=C(/C)C(=O)NC2=CC(=O)C(NCCCl)=C(C[C@H](C)C[C@H](OC)[C@H](O)[C@@H](C)/C=C(\CO)[C@@H]1OC(N)=O)C2=O. The van der Waals surface area contributed by atoms with Gasteiger partial charge < -0.3 is 40.8 Å². The lowest BCUT2D eigenvalue weighted by Gasteiger charge is -2.30. The minimum Gasteiger partial charge on any atom is -0.439 e. The Morgan fingerprint density at radius 1 is 1.21 bits per heavy atom. The molecule has 6 atom stereocenters. The Labute approximate surface area is 256 Å². The average Bonchev–Trinajstić information content (AvgIpc) is 2.96. The molecule has 0 unspecified atom stereocenters. The van der Waals surface area contributed by atoms with E-state index in [-0.39, 0.29) is 59.3 Å². The van der Waals surface area contributed by atoms with E-state index in [9.17, 15) is 29.4 Å². The number of fused-ring (bicyclic) bond motifs is 2. The highest BCUT2D eigenvalue weighted by Gasteiger charge is 2.33. The van der Waals surface area contributed by atoms with E-state index in [1.54, 1.807) is 13.0 Å². The zero-order chi connectivity index (χ0) is 32.3. The second-order valence-corrected chi connectivity index (χ2v) is 10.9. The van der Waals surface area contributed by atoms with Gasteiger partial charge in [-0.15, -0.1) is 11.6 Å². The van der Waals surface area contributed by atoms with Crippen LogP contribution in [0.1, 0.15) is 33.6 Å². The number of halogens is 1. The van der Waals surface area contributed by atoms with E-state index in [0.29, 0.717) is 0 Å². The first-order valence-electron chi connectivity index (χ1n) is 13.9. The summed E-state index contributed by atoms with van der Waals surface area (Å²) in [6.45, 7) is 4.78. The fourth-order valence-electron chi connectivity index (χ4n) is 4.95. The van der Waals surface area contributed by atoms with Crippen LogP contribution in [0.2, 0.25) is 0 Å². The number of hydrogen-bond donors (Lipinski definition) is 5. The van der Waals surface area contributed by atoms with E-state index in [1.165, 1.54) is 39.4 Å². The highest BCUT2D eigenvalue weighted by Crippen LogP contribution is 2.29. The van der Waals surface area contributed by atoms with E-state index >= 15 is 0 Å². The van der Waals surface area contributed by atoms with Crippen molar-refractivity contribution in [1.29, 1.82) is 0 Å². The number of aliphatic hydroxyl groups is 2. The molecule has 1 heterocycles. The second kappa shape index (κ2) is 17.1. The third-order valence-electron chi connectivity index (χ3n) is 7.24. The first kappa shape index (κ1) is 35.9. The van der Waals surface area contributed by atoms with Gasteiger partial charge in [-0.2, -0.15) is 0 Å². The summed E-state index contributed by atoms with van der Waals surface area (Å²) in [5, 5.41) is 26.9. The molecule has 43 heavy (non-hydrogen) atoms. The first-order chi connectivity index (χ1) is 20.4. The molecule has 0 aromatic rings. The molecule has 1 aliphatic heterocycles. The summed E-state index contributed by atoms with van der Waals surface area (Å²) in [6.07, 6.45) is 2.50. The van der Waals surface area contributed by atoms with Crippen LogP contribution in [-0.4, -0.2) is 91.4 Å². The summed E-state index contributed by atoms with van der Waals surface area (Å²) in [4.78, 5) is 51.3. The number of carbonyl (C=O) groups is 4. The summed E-state index contributed by atoms with van der Waals surface area (Å²) in [7, 11) is 2.80. The number of Topliss-reactive ketones (excluding diaryl/α,β-unsaturated/α-hetero) is 1. The lowest BCUT2D eigenvalue weighted by Crippen LogP contribution is -2.38. The van der Waals surface area contributed by atoms with Gasteiger partial charge in [0.2, 0.25) is 11.6 Å². The smallest absolute Gasteiger partial charge is 0.405 e. The highest BCUT2D eigenvalue weighted by atomic mass is 35.5. The van der Waals surface area contributed by atoms with Crippen LogP contribution in [0.25, 0.3) is 0 Å². The second-order valence-electron chi connectivity index (χ2n) is 10.5. The predicted molar refractivity (Wildman–Crippen MR) is 160 cm³/mol. The van der Waals surface area contributed by atoms with E-state index in [0.717, 1.165) is 6.08 Å². The van der Waals surface area contributed by atoms with E-state index in [1.807, 2.05) is 6.92 Å². The average molecular weight is 624 g/mol. The minimum absolute atomic E-state index is 0.112. The lowest BCUT2D eigenvalue weighted by atomic mass is 9.85. The molecule has 0 saturated carbocycles. The highest BCUT2D eigenvalue weighted by molar-refractivity contribution is 6.23. The largest absolute Gasteiger partial charge is 0.439 e. The van der Waals surface area contributed by atoms with Gasteiger partial charge in [0.15, 0.2) is 6.10 Å². The van der Waals surface area contributed by atoms with E-state index in [2.05, 4.69) is 10.6 Å². The summed E-state index contributed by atoms with van der Waals surface area (Å²) >= 11 is 5.82. The maximum absolute atomic E-state index is 13.5. The summed E-state index contributed by atoms with van der Waals surface area (Å²) in [6, 6.07) is 0. The van der Waals surface area contributed by atoms with E-state index in [4.69, 9.17) is 31.5 Å². The van der Waals surface area contributed by atoms with Crippen LogP contribution < -0.4 is 16.4 Å². The number of ether oxygens (including phenoxy) is 3. The normalized spacial score (nSPS) is 31.3. The molecule has 0 radical (unpaired) electrons. The molecule has 2 aliphatic rings. The Balaban J connectivity index is 2.65. The summed E-state index contributed by atoms with van der Waals surface area (Å²) < 4.78 is 16.4. The number of amides is 2. The van der Waals surface area contributed by atoms with Crippen LogP contribution in [0.4, 0.5) is 4.79 Å². The van der Waals surface area contributed by atoms with Crippen molar-refractivity contribution in [2.24, 2.45) is 17.6 Å². The van der Waals surface area contributed by atoms with Gasteiger partial charge in [-0.05, 0) is 31.3 Å². The molecule has 6 N–H and O–H groups in total. The number of primary amides is 1. The van der Waals surface area contributed by atoms with Crippen LogP contribution >= 0.6 is 11.6 Å². The fraction of sp³-hybridized carbons (Fsp3) is 0.533. The van der Waals surface area contributed by atoms with Gasteiger partial charge >= 0.3 is 6.09 Å². The Bertz CT molecular complexity index is 1210. The molecular weight excluding hydrogens is 582 g/mol. The van der Waals surface area contributed by atoms with Crippen LogP contribution in [0.5, 0.6) is 0 Å². The number of aliphatic hydroxyl groups excluding tert-OH is 2. The molecule has 0 saturated heterocycles.